The number of likely N-dealkylation sites (N-methyl/N-ethyl adjacent to an activating group) is 1. The summed E-state index contributed by atoms with van der Waals surface area (Å²) in [7, 11) is 1.81. The maximum atomic E-state index is 13.5. The van der Waals surface area contributed by atoms with Crippen molar-refractivity contribution in [2.45, 2.75) is 31.5 Å². The smallest absolute Gasteiger partial charge is 0.327 e. The van der Waals surface area contributed by atoms with E-state index in [-0.39, 0.29) is 30.4 Å². The molecule has 4 aliphatic heterocycles. The average Bonchev–Trinajstić information content (AvgIpc) is 3.20. The average molecular weight is 429 g/mol. The first-order chi connectivity index (χ1) is 15.1. The number of nitrogens with one attached hydrogen (secondary N) is 1. The maximum absolute atomic E-state index is 13.5. The van der Waals surface area contributed by atoms with Gasteiger partial charge in [0.25, 0.3) is 5.91 Å². The molecular formula is C22H32N6O3. The summed E-state index contributed by atoms with van der Waals surface area (Å²) in [6.07, 6.45) is 0.677. The van der Waals surface area contributed by atoms with E-state index in [1.807, 2.05) is 6.07 Å². The van der Waals surface area contributed by atoms with Crippen LogP contribution in [-0.2, 0) is 16.1 Å². The number of fused-ring (bicyclic) bond motifs is 3. The van der Waals surface area contributed by atoms with E-state index in [9.17, 15) is 9.59 Å². The van der Waals surface area contributed by atoms with Crippen LogP contribution in [0.15, 0.2) is 30.3 Å². The summed E-state index contributed by atoms with van der Waals surface area (Å²) in [5.74, 6) is -0.0714. The van der Waals surface area contributed by atoms with Crippen LogP contribution >= 0.6 is 0 Å². The standard InChI is InChI=1S/C22H32N6O3/c1-24-19-18(20(29)28(22(24)30)11-10-25-12-14-31-15-13-25)27-9-5-8-26(21(27)23-19)16-17-6-3-2-4-7-17/h2-4,6-7,18-19,21,23H,5,8-16H2,1H3. The summed E-state index contributed by atoms with van der Waals surface area (Å²) in [5.41, 5.74) is 1.25. The van der Waals surface area contributed by atoms with Crippen molar-refractivity contribution in [3.63, 3.8) is 0 Å². The molecule has 3 amide bonds. The topological polar surface area (TPSA) is 71.6 Å². The van der Waals surface area contributed by atoms with Gasteiger partial charge < -0.3 is 9.64 Å². The monoisotopic (exact) mass is 428 g/mol. The minimum absolute atomic E-state index is 0.0395. The molecule has 168 valence electrons. The van der Waals surface area contributed by atoms with Crippen LogP contribution in [0.5, 0.6) is 0 Å². The van der Waals surface area contributed by atoms with Crippen LogP contribution in [0.3, 0.4) is 0 Å². The van der Waals surface area contributed by atoms with Crippen molar-refractivity contribution in [3.05, 3.63) is 35.9 Å². The number of hydrogen-bond donors (Lipinski definition) is 1. The summed E-state index contributed by atoms with van der Waals surface area (Å²) < 4.78 is 5.40. The second-order valence-corrected chi connectivity index (χ2v) is 8.81. The lowest BCUT2D eigenvalue weighted by Crippen LogP contribution is -2.67. The molecule has 3 unspecified atom stereocenters. The highest BCUT2D eigenvalue weighted by Crippen LogP contribution is 2.31. The molecule has 0 saturated carbocycles. The van der Waals surface area contributed by atoms with Crippen molar-refractivity contribution < 1.29 is 14.3 Å². The lowest BCUT2D eigenvalue weighted by atomic mass is 10.1. The van der Waals surface area contributed by atoms with E-state index < -0.39 is 0 Å². The number of ether oxygens (including phenoxy) is 1. The van der Waals surface area contributed by atoms with Gasteiger partial charge >= 0.3 is 6.03 Å². The molecule has 5 rings (SSSR count). The molecule has 1 aromatic carbocycles. The molecule has 4 heterocycles. The van der Waals surface area contributed by atoms with Crippen LogP contribution in [0.25, 0.3) is 0 Å². The van der Waals surface area contributed by atoms with Crippen LogP contribution in [0, 0.1) is 0 Å². The number of morpholine rings is 1. The Morgan fingerprint density at radius 2 is 1.81 bits per heavy atom. The summed E-state index contributed by atoms with van der Waals surface area (Å²) in [6, 6.07) is 9.86. The van der Waals surface area contributed by atoms with Gasteiger partial charge in [0.05, 0.1) is 13.2 Å². The highest BCUT2D eigenvalue weighted by molar-refractivity contribution is 6.00. The number of urea groups is 1. The zero-order valence-corrected chi connectivity index (χ0v) is 18.2. The van der Waals surface area contributed by atoms with Crippen LogP contribution in [0.2, 0.25) is 0 Å². The van der Waals surface area contributed by atoms with Crippen molar-refractivity contribution in [2.75, 3.05) is 59.5 Å². The van der Waals surface area contributed by atoms with E-state index in [0.29, 0.717) is 26.3 Å². The van der Waals surface area contributed by atoms with Crippen LogP contribution < -0.4 is 5.32 Å². The quantitative estimate of drug-likeness (QED) is 0.708. The highest BCUT2D eigenvalue weighted by atomic mass is 16.5. The summed E-state index contributed by atoms with van der Waals surface area (Å²) in [5, 5.41) is 3.58. The molecule has 0 spiro atoms. The second-order valence-electron chi connectivity index (χ2n) is 8.81. The molecule has 9 heteroatoms. The van der Waals surface area contributed by atoms with Gasteiger partial charge in [-0.05, 0) is 12.0 Å². The van der Waals surface area contributed by atoms with E-state index in [1.54, 1.807) is 11.9 Å². The van der Waals surface area contributed by atoms with Gasteiger partial charge in [0.1, 0.15) is 18.5 Å². The molecule has 1 aromatic rings. The minimum atomic E-state index is -0.337. The van der Waals surface area contributed by atoms with Gasteiger partial charge in [-0.25, -0.2) is 4.79 Å². The number of carbonyl (C=O) groups is 2. The van der Waals surface area contributed by atoms with Crippen molar-refractivity contribution in [2.24, 2.45) is 0 Å². The number of carbonyl (C=O) groups excluding carboxylic acids is 2. The van der Waals surface area contributed by atoms with Gasteiger partial charge in [-0.15, -0.1) is 0 Å². The Morgan fingerprint density at radius 1 is 1.03 bits per heavy atom. The molecule has 0 aliphatic carbocycles. The van der Waals surface area contributed by atoms with E-state index in [2.05, 4.69) is 44.3 Å². The van der Waals surface area contributed by atoms with Gasteiger partial charge in [-0.1, -0.05) is 30.3 Å². The number of imide groups is 1. The van der Waals surface area contributed by atoms with Gasteiger partial charge in [-0.2, -0.15) is 0 Å². The van der Waals surface area contributed by atoms with Crippen molar-refractivity contribution in [3.8, 4) is 0 Å². The Morgan fingerprint density at radius 3 is 2.58 bits per heavy atom. The van der Waals surface area contributed by atoms with E-state index in [1.165, 1.54) is 10.5 Å². The van der Waals surface area contributed by atoms with Gasteiger partial charge in [0.2, 0.25) is 0 Å². The zero-order valence-electron chi connectivity index (χ0n) is 18.2. The third-order valence-electron chi connectivity index (χ3n) is 6.94. The first-order valence-electron chi connectivity index (χ1n) is 11.3. The molecular weight excluding hydrogens is 396 g/mol. The fourth-order valence-corrected chi connectivity index (χ4v) is 5.25. The third-order valence-corrected chi connectivity index (χ3v) is 6.94. The second kappa shape index (κ2) is 8.84. The highest BCUT2D eigenvalue weighted by Gasteiger charge is 2.55. The number of hydrogen-bond acceptors (Lipinski definition) is 7. The lowest BCUT2D eigenvalue weighted by molar-refractivity contribution is -0.140. The third kappa shape index (κ3) is 3.96. The Bertz CT molecular complexity index is 802. The molecule has 1 N–H and O–H groups in total. The van der Waals surface area contributed by atoms with E-state index in [4.69, 9.17) is 4.74 Å². The van der Waals surface area contributed by atoms with Crippen molar-refractivity contribution in [1.29, 1.82) is 0 Å². The Kier molecular flexibility index (Phi) is 5.94. The zero-order chi connectivity index (χ0) is 21.4. The fourth-order valence-electron chi connectivity index (χ4n) is 5.25. The van der Waals surface area contributed by atoms with E-state index >= 15 is 0 Å². The summed E-state index contributed by atoms with van der Waals surface area (Å²) in [6.45, 7) is 6.89. The molecule has 9 nitrogen and oxygen atoms in total. The van der Waals surface area contributed by atoms with Crippen molar-refractivity contribution in [1.82, 2.24) is 29.8 Å². The fraction of sp³-hybridized carbons (Fsp3) is 0.636. The Balaban J connectivity index is 1.30. The number of nitrogens with zero attached hydrogens (tertiary/aromatic N) is 5. The molecule has 4 saturated heterocycles. The van der Waals surface area contributed by atoms with Gasteiger partial charge in [0, 0.05) is 52.9 Å². The predicted molar refractivity (Wildman–Crippen MR) is 115 cm³/mol. The van der Waals surface area contributed by atoms with Crippen LogP contribution in [-0.4, -0.2) is 114 Å². The van der Waals surface area contributed by atoms with Gasteiger partial charge in [0.15, 0.2) is 0 Å². The molecule has 4 fully saturated rings. The molecule has 3 atom stereocenters. The largest absolute Gasteiger partial charge is 0.379 e. The SMILES string of the molecule is CN1C(=O)N(CCN2CCOCC2)C(=O)C2C1NC1N(Cc3ccccc3)CCCN21. The number of amides is 3. The predicted octanol–water partition coefficient (Wildman–Crippen LogP) is 0.00200. The van der Waals surface area contributed by atoms with Crippen LogP contribution in [0.1, 0.15) is 12.0 Å². The molecule has 31 heavy (non-hydrogen) atoms. The maximum Gasteiger partial charge on any atom is 0.327 e. The number of rotatable bonds is 5. The van der Waals surface area contributed by atoms with E-state index in [0.717, 1.165) is 39.1 Å². The first kappa shape index (κ1) is 20.8. The minimum Gasteiger partial charge on any atom is -0.379 e. The van der Waals surface area contributed by atoms with Gasteiger partial charge in [-0.3, -0.25) is 29.7 Å². The van der Waals surface area contributed by atoms with Crippen molar-refractivity contribution >= 4 is 11.9 Å². The molecule has 0 bridgehead atoms. The van der Waals surface area contributed by atoms with Crippen LogP contribution in [0.4, 0.5) is 4.79 Å². The summed E-state index contributed by atoms with van der Waals surface area (Å²) in [4.78, 5) is 36.6. The number of benzene rings is 1. The lowest BCUT2D eigenvalue weighted by Gasteiger charge is -2.43. The first-order valence-corrected chi connectivity index (χ1v) is 11.3. The Hall–Kier alpha value is -2.04. The summed E-state index contributed by atoms with van der Waals surface area (Å²) >= 11 is 0. The molecule has 0 aromatic heterocycles. The molecule has 0 radical (unpaired) electrons. The normalized spacial score (nSPS) is 30.5. The molecule has 4 aliphatic rings. The Labute approximate surface area is 183 Å².